The van der Waals surface area contributed by atoms with E-state index >= 15 is 0 Å². The smallest absolute Gasteiger partial charge is 0.257 e. The number of nitrogens with zero attached hydrogens (tertiary/aromatic N) is 3. The lowest BCUT2D eigenvalue weighted by Gasteiger charge is -2.18. The molecule has 2 N–H and O–H groups in total. The Kier molecular flexibility index (Phi) is 8.63. The molecule has 0 unspecified atom stereocenters. The molecule has 2 aromatic carbocycles. The second-order valence-corrected chi connectivity index (χ2v) is 11.8. The maximum absolute atomic E-state index is 12.6. The first kappa shape index (κ1) is 26.9. The highest BCUT2D eigenvalue weighted by molar-refractivity contribution is 8.01. The minimum atomic E-state index is -3.60. The van der Waals surface area contributed by atoms with Gasteiger partial charge in [-0.2, -0.15) is 4.31 Å². The molecule has 0 saturated heterocycles. The zero-order valence-corrected chi connectivity index (χ0v) is 22.5. The quantitative estimate of drug-likeness (QED) is 0.266. The van der Waals surface area contributed by atoms with Crippen molar-refractivity contribution < 1.29 is 27.5 Å². The van der Waals surface area contributed by atoms with Gasteiger partial charge in [0.15, 0.2) is 15.8 Å². The maximum Gasteiger partial charge on any atom is 0.257 e. The number of benzene rings is 2. The van der Waals surface area contributed by atoms with Crippen molar-refractivity contribution >= 4 is 50.1 Å². The van der Waals surface area contributed by atoms with Gasteiger partial charge in [0, 0.05) is 25.2 Å². The number of carbonyl (C=O) groups is 2. The number of carbonyl (C=O) groups excluding carboxylic acids is 2. The molecule has 0 bridgehead atoms. The van der Waals surface area contributed by atoms with Crippen molar-refractivity contribution in [3.05, 3.63) is 53.6 Å². The molecule has 11 nitrogen and oxygen atoms in total. The monoisotopic (exact) mass is 563 g/mol. The van der Waals surface area contributed by atoms with E-state index in [1.807, 2.05) is 12.1 Å². The van der Waals surface area contributed by atoms with Gasteiger partial charge in [-0.3, -0.25) is 14.9 Å². The van der Waals surface area contributed by atoms with Gasteiger partial charge in [-0.05, 0) is 42.0 Å². The van der Waals surface area contributed by atoms with Crippen LogP contribution < -0.4 is 20.1 Å². The van der Waals surface area contributed by atoms with Crippen molar-refractivity contribution in [2.24, 2.45) is 0 Å². The minimum Gasteiger partial charge on any atom is -0.454 e. The van der Waals surface area contributed by atoms with E-state index in [9.17, 15) is 18.0 Å². The molecule has 37 heavy (non-hydrogen) atoms. The molecule has 1 aliphatic heterocycles. The number of fused-ring (bicyclic) bond motifs is 1. The normalized spacial score (nSPS) is 12.5. The first-order valence-electron chi connectivity index (χ1n) is 11.3. The van der Waals surface area contributed by atoms with E-state index in [4.69, 9.17) is 9.47 Å². The Labute approximate surface area is 222 Å². The SMILES string of the molecule is CCN(CC)S(=O)(=O)c1ccc(C(=O)Nc2nnc(SCC(=O)NCc3ccc4c(c3)OCO4)s2)cc1. The van der Waals surface area contributed by atoms with Crippen LogP contribution in [0.4, 0.5) is 5.13 Å². The Hall–Kier alpha value is -3.20. The van der Waals surface area contributed by atoms with Crippen LogP contribution in [0.1, 0.15) is 29.8 Å². The molecule has 0 atom stereocenters. The Morgan fingerprint density at radius 2 is 1.78 bits per heavy atom. The van der Waals surface area contributed by atoms with Crippen molar-refractivity contribution in [2.45, 2.75) is 29.6 Å². The number of aromatic nitrogens is 2. The summed E-state index contributed by atoms with van der Waals surface area (Å²) in [5.74, 6) is 0.856. The van der Waals surface area contributed by atoms with Crippen LogP contribution in [0.5, 0.6) is 11.5 Å². The molecule has 0 radical (unpaired) electrons. The largest absolute Gasteiger partial charge is 0.454 e. The van der Waals surface area contributed by atoms with Crippen LogP contribution in [0.3, 0.4) is 0 Å². The summed E-state index contributed by atoms with van der Waals surface area (Å²) < 4.78 is 37.7. The number of rotatable bonds is 11. The summed E-state index contributed by atoms with van der Waals surface area (Å²) in [5, 5.41) is 13.7. The predicted molar refractivity (Wildman–Crippen MR) is 140 cm³/mol. The van der Waals surface area contributed by atoms with E-state index in [1.165, 1.54) is 40.3 Å². The number of ether oxygens (including phenoxy) is 2. The van der Waals surface area contributed by atoms with Gasteiger partial charge in [0.25, 0.3) is 5.91 Å². The Bertz CT molecular complexity index is 1370. The van der Waals surface area contributed by atoms with Gasteiger partial charge in [-0.25, -0.2) is 8.42 Å². The van der Waals surface area contributed by atoms with E-state index in [1.54, 1.807) is 19.9 Å². The van der Waals surface area contributed by atoms with Crippen molar-refractivity contribution in [2.75, 3.05) is 31.0 Å². The van der Waals surface area contributed by atoms with Gasteiger partial charge in [-0.15, -0.1) is 10.2 Å². The molecular formula is C23H25N5O6S3. The van der Waals surface area contributed by atoms with Gasteiger partial charge in [0.1, 0.15) is 0 Å². The van der Waals surface area contributed by atoms with Crippen molar-refractivity contribution in [3.63, 3.8) is 0 Å². The van der Waals surface area contributed by atoms with Crippen molar-refractivity contribution in [1.29, 1.82) is 0 Å². The average Bonchev–Trinajstić information content (AvgIpc) is 3.55. The van der Waals surface area contributed by atoms with Gasteiger partial charge < -0.3 is 14.8 Å². The molecule has 1 aromatic heterocycles. The van der Waals surface area contributed by atoms with Crippen molar-refractivity contribution in [3.8, 4) is 11.5 Å². The van der Waals surface area contributed by atoms with Crippen LogP contribution in [-0.4, -0.2) is 60.4 Å². The number of nitrogens with one attached hydrogen (secondary N) is 2. The van der Waals surface area contributed by atoms with Gasteiger partial charge in [0.05, 0.1) is 10.6 Å². The lowest BCUT2D eigenvalue weighted by atomic mass is 10.2. The van der Waals surface area contributed by atoms with Gasteiger partial charge in [-0.1, -0.05) is 43.0 Å². The number of sulfonamides is 1. The number of anilines is 1. The topological polar surface area (TPSA) is 140 Å². The number of hydrogen-bond acceptors (Lipinski definition) is 10. The summed E-state index contributed by atoms with van der Waals surface area (Å²) in [6.07, 6.45) is 0. The first-order chi connectivity index (χ1) is 17.8. The average molecular weight is 564 g/mol. The zero-order chi connectivity index (χ0) is 26.4. The van der Waals surface area contributed by atoms with Crippen LogP contribution in [0, 0.1) is 0 Å². The molecule has 3 aromatic rings. The van der Waals surface area contributed by atoms with E-state index < -0.39 is 15.9 Å². The Morgan fingerprint density at radius 1 is 1.05 bits per heavy atom. The van der Waals surface area contributed by atoms with E-state index in [0.29, 0.717) is 35.5 Å². The molecule has 0 saturated carbocycles. The van der Waals surface area contributed by atoms with E-state index in [-0.39, 0.29) is 34.0 Å². The standard InChI is InChI=1S/C23H25N5O6S3/c1-3-28(4-2)37(31,32)17-8-6-16(7-9-17)21(30)25-22-26-27-23(36-22)35-13-20(29)24-12-15-5-10-18-19(11-15)34-14-33-18/h5-11H,3-4,12-14H2,1-2H3,(H,24,29)(H,25,26,30). The maximum atomic E-state index is 12.6. The first-order valence-corrected chi connectivity index (χ1v) is 14.6. The third-order valence-electron chi connectivity index (χ3n) is 5.34. The molecular weight excluding hydrogens is 538 g/mol. The second kappa shape index (κ2) is 11.9. The van der Waals surface area contributed by atoms with E-state index in [0.717, 1.165) is 16.9 Å². The van der Waals surface area contributed by atoms with Crippen LogP contribution in [0.15, 0.2) is 51.7 Å². The zero-order valence-electron chi connectivity index (χ0n) is 20.1. The van der Waals surface area contributed by atoms with Crippen LogP contribution >= 0.6 is 23.1 Å². The molecule has 14 heteroatoms. The highest BCUT2D eigenvalue weighted by Crippen LogP contribution is 2.32. The minimum absolute atomic E-state index is 0.124. The molecule has 0 fully saturated rings. The fraction of sp³-hybridized carbons (Fsp3) is 0.304. The van der Waals surface area contributed by atoms with Gasteiger partial charge in [0.2, 0.25) is 27.9 Å². The molecule has 2 amide bonds. The highest BCUT2D eigenvalue weighted by Gasteiger charge is 2.22. The summed E-state index contributed by atoms with van der Waals surface area (Å²) >= 11 is 2.34. The summed E-state index contributed by atoms with van der Waals surface area (Å²) in [5.41, 5.74) is 1.17. The molecule has 2 heterocycles. The number of hydrogen-bond donors (Lipinski definition) is 2. The molecule has 0 spiro atoms. The lowest BCUT2D eigenvalue weighted by Crippen LogP contribution is -2.30. The molecule has 196 valence electrons. The summed E-state index contributed by atoms with van der Waals surface area (Å²) in [4.78, 5) is 24.9. The number of amides is 2. The van der Waals surface area contributed by atoms with Crippen LogP contribution in [0.2, 0.25) is 0 Å². The molecule has 1 aliphatic rings. The number of thioether (sulfide) groups is 1. The Balaban J connectivity index is 1.26. The van der Waals surface area contributed by atoms with Gasteiger partial charge >= 0.3 is 0 Å². The Morgan fingerprint density at radius 3 is 2.51 bits per heavy atom. The fourth-order valence-corrected chi connectivity index (χ4v) is 6.44. The summed E-state index contributed by atoms with van der Waals surface area (Å²) in [6, 6.07) is 11.2. The predicted octanol–water partition coefficient (Wildman–Crippen LogP) is 2.96. The third kappa shape index (κ3) is 6.57. The fourth-order valence-electron chi connectivity index (χ4n) is 3.41. The highest BCUT2D eigenvalue weighted by atomic mass is 32.2. The molecule has 0 aliphatic carbocycles. The van der Waals surface area contributed by atoms with Crippen LogP contribution in [-0.2, 0) is 21.4 Å². The summed E-state index contributed by atoms with van der Waals surface area (Å²) in [7, 11) is -3.60. The summed E-state index contributed by atoms with van der Waals surface area (Å²) in [6.45, 7) is 4.80. The second-order valence-electron chi connectivity index (χ2n) is 7.69. The molecule has 4 rings (SSSR count). The third-order valence-corrected chi connectivity index (χ3v) is 9.38. The van der Waals surface area contributed by atoms with Crippen molar-refractivity contribution in [1.82, 2.24) is 19.8 Å². The van der Waals surface area contributed by atoms with E-state index in [2.05, 4.69) is 20.8 Å². The van der Waals surface area contributed by atoms with Crippen LogP contribution in [0.25, 0.3) is 0 Å². The lowest BCUT2D eigenvalue weighted by molar-refractivity contribution is -0.118.